The molecule has 6 heteroatoms. The molecule has 0 amide bonds. The van der Waals surface area contributed by atoms with E-state index in [-0.39, 0.29) is 0 Å². The first-order valence-corrected chi connectivity index (χ1v) is 7.43. The lowest BCUT2D eigenvalue weighted by molar-refractivity contribution is 0.0900. The average Bonchev–Trinajstić information content (AvgIpc) is 3.02. The summed E-state index contributed by atoms with van der Waals surface area (Å²) in [7, 11) is 0. The minimum absolute atomic E-state index is 0.372. The van der Waals surface area contributed by atoms with Crippen molar-refractivity contribution in [2.75, 3.05) is 18.5 Å². The second-order valence-electron chi connectivity index (χ2n) is 4.81. The van der Waals surface area contributed by atoms with Crippen LogP contribution in [0.2, 0.25) is 0 Å². The lowest BCUT2D eigenvalue weighted by Crippen LogP contribution is -2.23. The Morgan fingerprint density at radius 2 is 2.47 bits per heavy atom. The molecule has 1 N–H and O–H groups in total. The monoisotopic (exact) mass is 324 g/mol. The van der Waals surface area contributed by atoms with Crippen LogP contribution in [-0.4, -0.2) is 33.9 Å². The van der Waals surface area contributed by atoms with E-state index in [1.54, 1.807) is 4.52 Å². The Kier molecular flexibility index (Phi) is 3.70. The molecule has 2 atom stereocenters. The highest BCUT2D eigenvalue weighted by Gasteiger charge is 2.26. The van der Waals surface area contributed by atoms with Gasteiger partial charge in [-0.25, -0.2) is 4.52 Å². The molecule has 2 aromatic rings. The van der Waals surface area contributed by atoms with E-state index in [1.165, 1.54) is 0 Å². The zero-order valence-electron chi connectivity index (χ0n) is 10.8. The van der Waals surface area contributed by atoms with Gasteiger partial charge in [0.2, 0.25) is 5.95 Å². The highest BCUT2D eigenvalue weighted by molar-refractivity contribution is 9.10. The fourth-order valence-corrected chi connectivity index (χ4v) is 2.97. The van der Waals surface area contributed by atoms with Crippen molar-refractivity contribution in [2.24, 2.45) is 5.92 Å². The topological polar surface area (TPSA) is 51.5 Å². The molecule has 2 aromatic heterocycles. The Labute approximate surface area is 120 Å². The normalized spacial score (nSPS) is 23.1. The highest BCUT2D eigenvalue weighted by atomic mass is 79.9. The number of halogens is 1. The fraction of sp³-hybridized carbons (Fsp3) is 0.538. The number of pyridine rings is 1. The summed E-state index contributed by atoms with van der Waals surface area (Å²) in [6.45, 7) is 3.91. The zero-order valence-corrected chi connectivity index (χ0v) is 12.4. The third-order valence-corrected chi connectivity index (χ3v) is 4.20. The summed E-state index contributed by atoms with van der Waals surface area (Å²) in [5.74, 6) is 1.23. The van der Waals surface area contributed by atoms with Crippen molar-refractivity contribution in [3.63, 3.8) is 0 Å². The summed E-state index contributed by atoms with van der Waals surface area (Å²) in [4.78, 5) is 4.48. The molecule has 1 aliphatic rings. The smallest absolute Gasteiger partial charge is 0.243 e. The zero-order chi connectivity index (χ0) is 13.2. The minimum atomic E-state index is 0.372. The van der Waals surface area contributed by atoms with Crippen molar-refractivity contribution < 1.29 is 4.74 Å². The maximum absolute atomic E-state index is 5.69. The van der Waals surface area contributed by atoms with Crippen LogP contribution in [0.4, 0.5) is 5.95 Å². The molecule has 5 nitrogen and oxygen atoms in total. The van der Waals surface area contributed by atoms with Crippen LogP contribution < -0.4 is 5.32 Å². The van der Waals surface area contributed by atoms with Gasteiger partial charge in [0.05, 0.1) is 10.6 Å². The van der Waals surface area contributed by atoms with E-state index in [2.05, 4.69) is 38.3 Å². The largest absolute Gasteiger partial charge is 0.378 e. The first-order valence-electron chi connectivity index (χ1n) is 6.64. The highest BCUT2D eigenvalue weighted by Crippen LogP contribution is 2.24. The maximum Gasteiger partial charge on any atom is 0.243 e. The lowest BCUT2D eigenvalue weighted by atomic mass is 10.00. The van der Waals surface area contributed by atoms with E-state index in [1.807, 2.05) is 18.3 Å². The summed E-state index contributed by atoms with van der Waals surface area (Å²) in [5, 5.41) is 7.73. The van der Waals surface area contributed by atoms with Crippen molar-refractivity contribution in [3.8, 4) is 0 Å². The first-order chi connectivity index (χ1) is 9.28. The number of hydrogen-bond acceptors (Lipinski definition) is 4. The number of nitrogens with zero attached hydrogens (tertiary/aromatic N) is 3. The van der Waals surface area contributed by atoms with E-state index in [4.69, 9.17) is 4.74 Å². The second-order valence-corrected chi connectivity index (χ2v) is 5.66. The number of nitrogens with one attached hydrogen (secondary N) is 1. The number of rotatable bonds is 4. The molecule has 1 saturated heterocycles. The number of hydrogen-bond donors (Lipinski definition) is 1. The Morgan fingerprint density at radius 3 is 3.26 bits per heavy atom. The van der Waals surface area contributed by atoms with Crippen LogP contribution in [0.5, 0.6) is 0 Å². The number of fused-ring (bicyclic) bond motifs is 1. The quantitative estimate of drug-likeness (QED) is 0.939. The Hall–Kier alpha value is -1.14. The van der Waals surface area contributed by atoms with Gasteiger partial charge in [0.15, 0.2) is 5.65 Å². The van der Waals surface area contributed by atoms with Crippen LogP contribution in [0.15, 0.2) is 22.8 Å². The molecule has 1 aliphatic heterocycles. The molecule has 0 spiro atoms. The van der Waals surface area contributed by atoms with Crippen LogP contribution in [0.3, 0.4) is 0 Å². The van der Waals surface area contributed by atoms with Gasteiger partial charge in [0.25, 0.3) is 0 Å². The molecular formula is C13H17BrN4O. The second kappa shape index (κ2) is 5.46. The van der Waals surface area contributed by atoms with Gasteiger partial charge in [-0.1, -0.05) is 6.92 Å². The summed E-state index contributed by atoms with van der Waals surface area (Å²) < 4.78 is 8.41. The molecule has 0 aromatic carbocycles. The van der Waals surface area contributed by atoms with E-state index in [0.29, 0.717) is 18.0 Å². The molecule has 0 bridgehead atoms. The number of ether oxygens (including phenoxy) is 1. The van der Waals surface area contributed by atoms with Gasteiger partial charge < -0.3 is 10.1 Å². The molecule has 0 saturated carbocycles. The minimum Gasteiger partial charge on any atom is -0.378 e. The first kappa shape index (κ1) is 12.9. The SMILES string of the molecule is CCC1OCCC1CNc1nc2c(Br)cccn2n1. The third-order valence-electron chi connectivity index (χ3n) is 3.59. The number of aromatic nitrogens is 3. The summed E-state index contributed by atoms with van der Waals surface area (Å²) in [5.41, 5.74) is 0.833. The van der Waals surface area contributed by atoms with E-state index in [9.17, 15) is 0 Å². The van der Waals surface area contributed by atoms with Gasteiger partial charge in [0, 0.05) is 25.3 Å². The molecule has 102 valence electrons. The molecule has 3 rings (SSSR count). The summed E-state index contributed by atoms with van der Waals surface area (Å²) >= 11 is 3.48. The van der Waals surface area contributed by atoms with E-state index in [0.717, 1.165) is 36.1 Å². The van der Waals surface area contributed by atoms with Gasteiger partial charge in [-0.15, -0.1) is 5.10 Å². The number of anilines is 1. The van der Waals surface area contributed by atoms with Crippen molar-refractivity contribution in [3.05, 3.63) is 22.8 Å². The van der Waals surface area contributed by atoms with Gasteiger partial charge in [-0.3, -0.25) is 0 Å². The summed E-state index contributed by atoms with van der Waals surface area (Å²) in [6, 6.07) is 3.90. The molecule has 1 fully saturated rings. The molecule has 0 aliphatic carbocycles. The van der Waals surface area contributed by atoms with E-state index < -0.39 is 0 Å². The van der Waals surface area contributed by atoms with Crippen LogP contribution in [0.1, 0.15) is 19.8 Å². The standard InChI is InChI=1S/C13H17BrN4O/c1-2-11-9(5-7-19-11)8-15-13-16-12-10(14)4-3-6-18(12)17-13/h3-4,6,9,11H,2,5,7-8H2,1H3,(H,15,17). The van der Waals surface area contributed by atoms with Gasteiger partial charge in [0.1, 0.15) is 0 Å². The lowest BCUT2D eigenvalue weighted by Gasteiger charge is -2.16. The van der Waals surface area contributed by atoms with Crippen LogP contribution in [-0.2, 0) is 4.74 Å². The van der Waals surface area contributed by atoms with E-state index >= 15 is 0 Å². The van der Waals surface area contributed by atoms with Gasteiger partial charge in [-0.05, 0) is 40.9 Å². The fourth-order valence-electron chi connectivity index (χ4n) is 2.55. The van der Waals surface area contributed by atoms with Gasteiger partial charge >= 0.3 is 0 Å². The molecule has 0 radical (unpaired) electrons. The Bertz CT molecular complexity index is 571. The van der Waals surface area contributed by atoms with Crippen LogP contribution in [0, 0.1) is 5.92 Å². The Balaban J connectivity index is 1.70. The third kappa shape index (κ3) is 2.60. The van der Waals surface area contributed by atoms with Crippen LogP contribution in [0.25, 0.3) is 5.65 Å². The van der Waals surface area contributed by atoms with Crippen molar-refractivity contribution >= 4 is 27.5 Å². The summed E-state index contributed by atoms with van der Waals surface area (Å²) in [6.07, 6.45) is 4.45. The van der Waals surface area contributed by atoms with Crippen molar-refractivity contribution in [1.29, 1.82) is 0 Å². The average molecular weight is 325 g/mol. The molecular weight excluding hydrogens is 308 g/mol. The van der Waals surface area contributed by atoms with Crippen molar-refractivity contribution in [1.82, 2.24) is 14.6 Å². The van der Waals surface area contributed by atoms with Gasteiger partial charge in [-0.2, -0.15) is 4.98 Å². The predicted octanol–water partition coefficient (Wildman–Crippen LogP) is 2.72. The van der Waals surface area contributed by atoms with Crippen LogP contribution >= 0.6 is 15.9 Å². The molecule has 3 heterocycles. The predicted molar refractivity (Wildman–Crippen MR) is 77.3 cm³/mol. The van der Waals surface area contributed by atoms with Crippen molar-refractivity contribution in [2.45, 2.75) is 25.9 Å². The molecule has 19 heavy (non-hydrogen) atoms. The maximum atomic E-state index is 5.69. The Morgan fingerprint density at radius 1 is 1.58 bits per heavy atom. The molecule has 2 unspecified atom stereocenters.